The van der Waals surface area contributed by atoms with E-state index in [-0.39, 0.29) is 0 Å². The SMILES string of the molecule is [B]c1nc2cc(C#CC3=CC=CC3C)ccc2nc1C. The zero-order chi connectivity index (χ0) is 14.1. The first-order valence-electron chi connectivity index (χ1n) is 6.58. The highest BCUT2D eigenvalue weighted by Gasteiger charge is 2.06. The molecule has 0 amide bonds. The lowest BCUT2D eigenvalue weighted by molar-refractivity contribution is 0.919. The highest BCUT2D eigenvalue weighted by Crippen LogP contribution is 2.17. The van der Waals surface area contributed by atoms with Crippen molar-refractivity contribution in [1.82, 2.24) is 9.97 Å². The van der Waals surface area contributed by atoms with Crippen molar-refractivity contribution in [2.24, 2.45) is 5.92 Å². The Balaban J connectivity index is 1.98. The summed E-state index contributed by atoms with van der Waals surface area (Å²) in [5, 5.41) is 0. The Bertz CT molecular complexity index is 807. The molecule has 2 nitrogen and oxygen atoms in total. The molecular weight excluding hydrogens is 243 g/mol. The Morgan fingerprint density at radius 1 is 1.15 bits per heavy atom. The van der Waals surface area contributed by atoms with Crippen molar-refractivity contribution in [3.05, 3.63) is 53.3 Å². The van der Waals surface area contributed by atoms with E-state index in [2.05, 4.69) is 40.9 Å². The molecule has 0 saturated carbocycles. The van der Waals surface area contributed by atoms with Crippen LogP contribution in [0.4, 0.5) is 0 Å². The van der Waals surface area contributed by atoms with Crippen molar-refractivity contribution in [2.45, 2.75) is 13.8 Å². The zero-order valence-electron chi connectivity index (χ0n) is 11.5. The van der Waals surface area contributed by atoms with Gasteiger partial charge >= 0.3 is 0 Å². The Hall–Kier alpha value is -2.34. The lowest BCUT2D eigenvalue weighted by atomic mass is 10.0. The molecule has 2 radical (unpaired) electrons. The molecule has 1 aromatic heterocycles. The summed E-state index contributed by atoms with van der Waals surface area (Å²) in [6.07, 6.45) is 6.24. The van der Waals surface area contributed by atoms with Gasteiger partial charge in [-0.15, -0.1) is 0 Å². The lowest BCUT2D eigenvalue weighted by Crippen LogP contribution is -2.14. The molecule has 3 heteroatoms. The molecule has 2 aromatic rings. The molecule has 0 aliphatic heterocycles. The standard InChI is InChI=1S/C17H13BN2/c1-11-4-3-5-14(11)8-6-13-7-9-15-16(10-13)20-17(18)12(2)19-15/h3-5,7,9-11H,1-2H3. The van der Waals surface area contributed by atoms with E-state index in [0.717, 1.165) is 27.9 Å². The third-order valence-corrected chi connectivity index (χ3v) is 3.39. The Morgan fingerprint density at radius 2 is 2.00 bits per heavy atom. The van der Waals surface area contributed by atoms with E-state index >= 15 is 0 Å². The molecule has 0 saturated heterocycles. The van der Waals surface area contributed by atoms with E-state index in [0.29, 0.717) is 11.5 Å². The van der Waals surface area contributed by atoms with Gasteiger partial charge in [0.2, 0.25) is 0 Å². The summed E-state index contributed by atoms with van der Waals surface area (Å²) in [6.45, 7) is 4.00. The summed E-state index contributed by atoms with van der Waals surface area (Å²) >= 11 is 0. The van der Waals surface area contributed by atoms with Gasteiger partial charge in [-0.2, -0.15) is 0 Å². The summed E-state index contributed by atoms with van der Waals surface area (Å²) in [5.41, 5.74) is 4.92. The van der Waals surface area contributed by atoms with Gasteiger partial charge in [-0.05, 0) is 25.1 Å². The number of fused-ring (bicyclic) bond motifs is 1. The number of rotatable bonds is 0. The Morgan fingerprint density at radius 3 is 2.75 bits per heavy atom. The fourth-order valence-electron chi connectivity index (χ4n) is 2.12. The molecule has 1 unspecified atom stereocenters. The van der Waals surface area contributed by atoms with Gasteiger partial charge < -0.3 is 0 Å². The Labute approximate surface area is 120 Å². The van der Waals surface area contributed by atoms with Crippen LogP contribution in [0.25, 0.3) is 11.0 Å². The van der Waals surface area contributed by atoms with Crippen LogP contribution in [0.3, 0.4) is 0 Å². The average molecular weight is 256 g/mol. The quantitative estimate of drug-likeness (QED) is 0.533. The molecule has 94 valence electrons. The van der Waals surface area contributed by atoms with Crippen molar-refractivity contribution >= 4 is 24.5 Å². The summed E-state index contributed by atoms with van der Waals surface area (Å²) < 4.78 is 0. The van der Waals surface area contributed by atoms with Crippen LogP contribution in [-0.4, -0.2) is 17.8 Å². The van der Waals surface area contributed by atoms with E-state index in [1.807, 2.05) is 31.2 Å². The van der Waals surface area contributed by atoms with E-state index in [1.165, 1.54) is 0 Å². The number of allylic oxidation sites excluding steroid dienone is 4. The molecule has 1 aromatic carbocycles. The normalized spacial score (nSPS) is 16.9. The number of aryl methyl sites for hydroxylation is 1. The molecular formula is C17H13BN2. The predicted octanol–water partition coefficient (Wildman–Crippen LogP) is 2.22. The van der Waals surface area contributed by atoms with Crippen LogP contribution in [0.5, 0.6) is 0 Å². The second kappa shape index (κ2) is 4.98. The molecule has 0 spiro atoms. The van der Waals surface area contributed by atoms with Crippen LogP contribution < -0.4 is 5.59 Å². The van der Waals surface area contributed by atoms with Crippen molar-refractivity contribution in [3.8, 4) is 11.8 Å². The van der Waals surface area contributed by atoms with Crippen LogP contribution in [0.15, 0.2) is 42.0 Å². The maximum absolute atomic E-state index is 5.80. The second-order valence-electron chi connectivity index (χ2n) is 4.94. The summed E-state index contributed by atoms with van der Waals surface area (Å²) in [6, 6.07) is 5.83. The van der Waals surface area contributed by atoms with Crippen molar-refractivity contribution in [3.63, 3.8) is 0 Å². The molecule has 1 atom stereocenters. The number of aromatic nitrogens is 2. The molecule has 1 aliphatic carbocycles. The minimum absolute atomic E-state index is 0.404. The Kier molecular flexibility index (Phi) is 3.16. The first kappa shape index (κ1) is 12.7. The minimum atomic E-state index is 0.404. The zero-order valence-corrected chi connectivity index (χ0v) is 11.5. The van der Waals surface area contributed by atoms with Crippen molar-refractivity contribution in [1.29, 1.82) is 0 Å². The van der Waals surface area contributed by atoms with Crippen LogP contribution in [0.1, 0.15) is 18.2 Å². The number of hydrogen-bond donors (Lipinski definition) is 0. The fraction of sp³-hybridized carbons (Fsp3) is 0.176. The first-order chi connectivity index (χ1) is 9.63. The average Bonchev–Trinajstić information content (AvgIpc) is 2.83. The van der Waals surface area contributed by atoms with Gasteiger partial charge in [0.25, 0.3) is 0 Å². The monoisotopic (exact) mass is 256 g/mol. The van der Waals surface area contributed by atoms with Crippen LogP contribution >= 0.6 is 0 Å². The minimum Gasteiger partial charge on any atom is -0.261 e. The molecule has 0 bridgehead atoms. The fourth-order valence-corrected chi connectivity index (χ4v) is 2.12. The molecule has 20 heavy (non-hydrogen) atoms. The summed E-state index contributed by atoms with van der Waals surface area (Å²) in [7, 11) is 5.80. The third kappa shape index (κ3) is 2.37. The van der Waals surface area contributed by atoms with E-state index in [1.54, 1.807) is 0 Å². The number of benzene rings is 1. The largest absolute Gasteiger partial charge is 0.261 e. The van der Waals surface area contributed by atoms with Gasteiger partial charge in [0.15, 0.2) is 0 Å². The van der Waals surface area contributed by atoms with Gasteiger partial charge in [-0.1, -0.05) is 37.0 Å². The van der Waals surface area contributed by atoms with Crippen LogP contribution in [0.2, 0.25) is 0 Å². The van der Waals surface area contributed by atoms with Crippen molar-refractivity contribution in [2.75, 3.05) is 0 Å². The molecule has 1 aliphatic rings. The van der Waals surface area contributed by atoms with E-state index in [9.17, 15) is 0 Å². The van der Waals surface area contributed by atoms with Gasteiger partial charge in [0.05, 0.1) is 11.0 Å². The van der Waals surface area contributed by atoms with Crippen LogP contribution in [0, 0.1) is 24.7 Å². The molecule has 0 N–H and O–H groups in total. The van der Waals surface area contributed by atoms with Gasteiger partial charge in [-0.25, -0.2) is 0 Å². The molecule has 3 rings (SSSR count). The predicted molar refractivity (Wildman–Crippen MR) is 82.9 cm³/mol. The maximum atomic E-state index is 5.80. The second-order valence-corrected chi connectivity index (χ2v) is 4.94. The van der Waals surface area contributed by atoms with Crippen molar-refractivity contribution < 1.29 is 0 Å². The third-order valence-electron chi connectivity index (χ3n) is 3.39. The summed E-state index contributed by atoms with van der Waals surface area (Å²) in [5.74, 6) is 6.79. The molecule has 1 heterocycles. The number of nitrogens with zero attached hydrogens (tertiary/aromatic N) is 2. The highest BCUT2D eigenvalue weighted by atomic mass is 14.8. The maximum Gasteiger partial charge on any atom is 0.144 e. The smallest absolute Gasteiger partial charge is 0.144 e. The van der Waals surface area contributed by atoms with E-state index < -0.39 is 0 Å². The summed E-state index contributed by atoms with van der Waals surface area (Å²) in [4.78, 5) is 8.76. The highest BCUT2D eigenvalue weighted by molar-refractivity contribution is 6.31. The van der Waals surface area contributed by atoms with E-state index in [4.69, 9.17) is 7.85 Å². The van der Waals surface area contributed by atoms with Gasteiger partial charge in [0.1, 0.15) is 7.85 Å². The van der Waals surface area contributed by atoms with Gasteiger partial charge in [0, 0.05) is 28.3 Å². The lowest BCUT2D eigenvalue weighted by Gasteiger charge is -2.03. The number of hydrogen-bond acceptors (Lipinski definition) is 2. The molecule has 0 fully saturated rings. The van der Waals surface area contributed by atoms with Gasteiger partial charge in [-0.3, -0.25) is 9.97 Å². The van der Waals surface area contributed by atoms with Crippen LogP contribution in [-0.2, 0) is 0 Å². The first-order valence-corrected chi connectivity index (χ1v) is 6.58. The topological polar surface area (TPSA) is 25.8 Å².